The number of rotatable bonds is 3. The molecule has 0 spiro atoms. The van der Waals surface area contributed by atoms with E-state index in [9.17, 15) is 4.79 Å². The molecule has 1 fully saturated rings. The molecule has 0 N–H and O–H groups in total. The first kappa shape index (κ1) is 15.7. The monoisotopic (exact) mass is 332 g/mol. The topological polar surface area (TPSA) is 59.0 Å². The van der Waals surface area contributed by atoms with Crippen molar-refractivity contribution in [2.75, 3.05) is 13.1 Å². The molecule has 1 aromatic carbocycles. The van der Waals surface area contributed by atoms with Crippen LogP contribution < -0.4 is 0 Å². The van der Waals surface area contributed by atoms with Gasteiger partial charge in [-0.05, 0) is 36.8 Å². The average Bonchev–Trinajstić information content (AvgIpc) is 2.69. The number of nitrogens with zero attached hydrogens (tertiary/aromatic N) is 4. The highest BCUT2D eigenvalue weighted by molar-refractivity contribution is 5.92. The number of carbonyl (C=O) groups is 1. The van der Waals surface area contributed by atoms with Crippen LogP contribution in [0.25, 0.3) is 10.9 Å². The Morgan fingerprint density at radius 3 is 2.68 bits per heavy atom. The van der Waals surface area contributed by atoms with E-state index in [4.69, 9.17) is 0 Å². The summed E-state index contributed by atoms with van der Waals surface area (Å²) in [5.74, 6) is 0.567. The summed E-state index contributed by atoms with van der Waals surface area (Å²) in [4.78, 5) is 27.0. The van der Waals surface area contributed by atoms with E-state index in [1.807, 2.05) is 17.2 Å². The summed E-state index contributed by atoms with van der Waals surface area (Å²) in [5, 5.41) is 1.19. The van der Waals surface area contributed by atoms with Gasteiger partial charge in [0.1, 0.15) is 5.69 Å². The molecule has 4 rings (SSSR count). The first-order valence-corrected chi connectivity index (χ1v) is 8.69. The lowest BCUT2D eigenvalue weighted by Gasteiger charge is -2.32. The standard InChI is InChI=1S/C20H20N4O/c25-20(18-14-21-9-10-22-18)24-11-6-15(7-12-24)13-17-4-1-3-16-5-2-8-23-19(16)17/h1-5,8-10,14-15H,6-7,11-13H2. The summed E-state index contributed by atoms with van der Waals surface area (Å²) in [6.45, 7) is 1.55. The van der Waals surface area contributed by atoms with Crippen LogP contribution in [0.3, 0.4) is 0 Å². The largest absolute Gasteiger partial charge is 0.337 e. The van der Waals surface area contributed by atoms with Crippen molar-refractivity contribution in [3.63, 3.8) is 0 Å². The number of hydrogen-bond acceptors (Lipinski definition) is 4. The molecule has 126 valence electrons. The van der Waals surface area contributed by atoms with Gasteiger partial charge in [-0.3, -0.25) is 14.8 Å². The van der Waals surface area contributed by atoms with Crippen LogP contribution >= 0.6 is 0 Å². The Hall–Kier alpha value is -2.82. The first-order chi connectivity index (χ1) is 12.3. The van der Waals surface area contributed by atoms with Crippen molar-refractivity contribution in [2.24, 2.45) is 5.92 Å². The second kappa shape index (κ2) is 6.97. The molecule has 5 nitrogen and oxygen atoms in total. The molecule has 0 atom stereocenters. The molecule has 0 saturated carbocycles. The van der Waals surface area contributed by atoms with Gasteiger partial charge in [0.2, 0.25) is 0 Å². The van der Waals surface area contributed by atoms with Gasteiger partial charge in [-0.25, -0.2) is 4.98 Å². The minimum atomic E-state index is -0.0154. The number of carbonyl (C=O) groups excluding carboxylic acids is 1. The predicted octanol–water partition coefficient (Wildman–Crippen LogP) is 3.12. The van der Waals surface area contributed by atoms with Crippen LogP contribution in [0.15, 0.2) is 55.1 Å². The number of amides is 1. The molecule has 1 aliphatic heterocycles. The van der Waals surface area contributed by atoms with Crippen molar-refractivity contribution in [1.29, 1.82) is 0 Å². The molecular formula is C20H20N4O. The highest BCUT2D eigenvalue weighted by Crippen LogP contribution is 2.25. The van der Waals surface area contributed by atoms with Gasteiger partial charge < -0.3 is 4.90 Å². The smallest absolute Gasteiger partial charge is 0.274 e. The van der Waals surface area contributed by atoms with Crippen molar-refractivity contribution in [3.05, 3.63) is 66.4 Å². The van der Waals surface area contributed by atoms with E-state index in [1.54, 1.807) is 12.4 Å². The van der Waals surface area contributed by atoms with Crippen LogP contribution in [-0.2, 0) is 6.42 Å². The third-order valence-electron chi connectivity index (χ3n) is 4.91. The Bertz CT molecular complexity index is 868. The second-order valence-corrected chi connectivity index (χ2v) is 6.52. The molecule has 2 aromatic heterocycles. The Morgan fingerprint density at radius 1 is 1.04 bits per heavy atom. The Balaban J connectivity index is 1.41. The summed E-state index contributed by atoms with van der Waals surface area (Å²) in [5.41, 5.74) is 2.83. The first-order valence-electron chi connectivity index (χ1n) is 8.69. The van der Waals surface area contributed by atoms with Crippen LogP contribution in [0.4, 0.5) is 0 Å². The number of pyridine rings is 1. The SMILES string of the molecule is O=C(c1cnccn1)N1CCC(Cc2cccc3cccnc23)CC1. The lowest BCUT2D eigenvalue weighted by atomic mass is 9.89. The van der Waals surface area contributed by atoms with E-state index in [1.165, 1.54) is 17.1 Å². The van der Waals surface area contributed by atoms with E-state index < -0.39 is 0 Å². The van der Waals surface area contributed by atoms with E-state index in [-0.39, 0.29) is 5.91 Å². The van der Waals surface area contributed by atoms with E-state index >= 15 is 0 Å². The maximum absolute atomic E-state index is 12.5. The molecule has 0 unspecified atom stereocenters. The summed E-state index contributed by atoms with van der Waals surface area (Å²) >= 11 is 0. The van der Waals surface area contributed by atoms with Crippen LogP contribution in [0.1, 0.15) is 28.9 Å². The highest BCUT2D eigenvalue weighted by Gasteiger charge is 2.25. The zero-order valence-electron chi connectivity index (χ0n) is 14.0. The summed E-state index contributed by atoms with van der Waals surface area (Å²) in [6, 6.07) is 10.5. The number of hydrogen-bond donors (Lipinski definition) is 0. The molecule has 1 amide bonds. The number of fused-ring (bicyclic) bond motifs is 1. The fourth-order valence-corrected chi connectivity index (χ4v) is 3.55. The zero-order chi connectivity index (χ0) is 17.1. The molecule has 1 aliphatic rings. The van der Waals surface area contributed by atoms with Gasteiger partial charge in [-0.2, -0.15) is 0 Å². The normalized spacial score (nSPS) is 15.4. The van der Waals surface area contributed by atoms with Gasteiger partial charge in [-0.1, -0.05) is 24.3 Å². The predicted molar refractivity (Wildman–Crippen MR) is 96.1 cm³/mol. The molecule has 3 aromatic rings. The molecule has 0 bridgehead atoms. The lowest BCUT2D eigenvalue weighted by molar-refractivity contribution is 0.0684. The fourth-order valence-electron chi connectivity index (χ4n) is 3.55. The Labute approximate surface area is 146 Å². The second-order valence-electron chi connectivity index (χ2n) is 6.52. The van der Waals surface area contributed by atoms with Crippen molar-refractivity contribution in [3.8, 4) is 0 Å². The maximum Gasteiger partial charge on any atom is 0.274 e. The van der Waals surface area contributed by atoms with Crippen molar-refractivity contribution in [2.45, 2.75) is 19.3 Å². The molecule has 25 heavy (non-hydrogen) atoms. The quantitative estimate of drug-likeness (QED) is 0.739. The lowest BCUT2D eigenvalue weighted by Crippen LogP contribution is -2.39. The van der Waals surface area contributed by atoms with Crippen LogP contribution in [0.2, 0.25) is 0 Å². The summed E-state index contributed by atoms with van der Waals surface area (Å²) in [7, 11) is 0. The van der Waals surface area contributed by atoms with Crippen LogP contribution in [0, 0.1) is 5.92 Å². The van der Waals surface area contributed by atoms with Crippen LogP contribution in [0.5, 0.6) is 0 Å². The van der Waals surface area contributed by atoms with Crippen molar-refractivity contribution >= 4 is 16.8 Å². The average molecular weight is 332 g/mol. The minimum Gasteiger partial charge on any atom is -0.337 e. The summed E-state index contributed by atoms with van der Waals surface area (Å²) < 4.78 is 0. The van der Waals surface area contributed by atoms with E-state index in [2.05, 4.69) is 39.2 Å². The number of aromatic nitrogens is 3. The van der Waals surface area contributed by atoms with Gasteiger partial charge in [0.15, 0.2) is 0 Å². The van der Waals surface area contributed by atoms with Gasteiger partial charge in [0, 0.05) is 37.1 Å². The van der Waals surface area contributed by atoms with Gasteiger partial charge in [0.25, 0.3) is 5.91 Å². The fraction of sp³-hybridized carbons (Fsp3) is 0.300. The van der Waals surface area contributed by atoms with Gasteiger partial charge in [0.05, 0.1) is 11.7 Å². The zero-order valence-corrected chi connectivity index (χ0v) is 14.0. The summed E-state index contributed by atoms with van der Waals surface area (Å²) in [6.07, 6.45) is 9.57. The van der Waals surface area contributed by atoms with Gasteiger partial charge in [-0.15, -0.1) is 0 Å². The third kappa shape index (κ3) is 3.36. The van der Waals surface area contributed by atoms with E-state index in [0.717, 1.165) is 37.9 Å². The number of likely N-dealkylation sites (tertiary alicyclic amines) is 1. The molecule has 0 radical (unpaired) electrons. The minimum absolute atomic E-state index is 0.0154. The van der Waals surface area contributed by atoms with E-state index in [0.29, 0.717) is 11.6 Å². The van der Waals surface area contributed by atoms with Crippen molar-refractivity contribution < 1.29 is 4.79 Å². The number of para-hydroxylation sites is 1. The molecular weight excluding hydrogens is 312 g/mol. The van der Waals surface area contributed by atoms with Gasteiger partial charge >= 0.3 is 0 Å². The number of piperidine rings is 1. The maximum atomic E-state index is 12.5. The van der Waals surface area contributed by atoms with Crippen LogP contribution in [-0.4, -0.2) is 38.8 Å². The number of benzene rings is 1. The Kier molecular flexibility index (Phi) is 4.37. The van der Waals surface area contributed by atoms with Crippen molar-refractivity contribution in [1.82, 2.24) is 19.9 Å². The molecule has 0 aliphatic carbocycles. The molecule has 3 heterocycles. The Morgan fingerprint density at radius 2 is 1.88 bits per heavy atom. The third-order valence-corrected chi connectivity index (χ3v) is 4.91. The molecule has 5 heteroatoms. The highest BCUT2D eigenvalue weighted by atomic mass is 16.2. The molecule has 1 saturated heterocycles.